The topological polar surface area (TPSA) is 64.0 Å². The Hall–Kier alpha value is -1.83. The minimum atomic E-state index is -0.122. The van der Waals surface area contributed by atoms with Crippen LogP contribution in [0.5, 0.6) is 0 Å². The minimum absolute atomic E-state index is 0.00756. The molecule has 5 nitrogen and oxygen atoms in total. The van der Waals surface area contributed by atoms with E-state index < -0.39 is 0 Å². The van der Waals surface area contributed by atoms with E-state index >= 15 is 0 Å². The van der Waals surface area contributed by atoms with Gasteiger partial charge in [-0.05, 0) is 55.9 Å². The van der Waals surface area contributed by atoms with Crippen molar-refractivity contribution < 1.29 is 4.79 Å². The number of thioether (sulfide) groups is 1. The minimum Gasteiger partial charge on any atom is -0.349 e. The Bertz CT molecular complexity index is 1120. The average molecular weight is 448 g/mol. The number of carbonyl (C=O) groups is 1. The van der Waals surface area contributed by atoms with E-state index in [0.717, 1.165) is 35.0 Å². The van der Waals surface area contributed by atoms with E-state index in [4.69, 9.17) is 16.6 Å². The second-order valence-corrected chi connectivity index (χ2v) is 9.74. The monoisotopic (exact) mass is 447 g/mol. The Morgan fingerprint density at radius 1 is 1.31 bits per heavy atom. The van der Waals surface area contributed by atoms with Gasteiger partial charge >= 0.3 is 0 Å². The van der Waals surface area contributed by atoms with E-state index in [2.05, 4.69) is 5.32 Å². The van der Waals surface area contributed by atoms with Crippen LogP contribution in [0.4, 0.5) is 0 Å². The van der Waals surface area contributed by atoms with Crippen LogP contribution in [0.25, 0.3) is 10.2 Å². The van der Waals surface area contributed by atoms with Crippen molar-refractivity contribution in [3.8, 4) is 0 Å². The summed E-state index contributed by atoms with van der Waals surface area (Å²) in [7, 11) is 1.73. The highest BCUT2D eigenvalue weighted by Gasteiger charge is 2.21. The van der Waals surface area contributed by atoms with Crippen LogP contribution in [0.2, 0.25) is 5.02 Å². The highest BCUT2D eigenvalue weighted by atomic mass is 35.5. The zero-order valence-electron chi connectivity index (χ0n) is 16.3. The number of thiophene rings is 1. The summed E-state index contributed by atoms with van der Waals surface area (Å²) in [5.74, 6) is 0.103. The second kappa shape index (κ2) is 8.50. The van der Waals surface area contributed by atoms with Gasteiger partial charge in [-0.15, -0.1) is 11.3 Å². The molecule has 0 saturated carbocycles. The molecule has 0 aliphatic heterocycles. The van der Waals surface area contributed by atoms with Gasteiger partial charge < -0.3 is 5.32 Å². The lowest BCUT2D eigenvalue weighted by atomic mass is 9.97. The molecule has 152 valence electrons. The number of nitrogens with one attached hydrogen (secondary N) is 1. The van der Waals surface area contributed by atoms with E-state index in [9.17, 15) is 9.59 Å². The van der Waals surface area contributed by atoms with Crippen LogP contribution in [0, 0.1) is 0 Å². The molecule has 1 aliphatic rings. The molecule has 0 saturated heterocycles. The van der Waals surface area contributed by atoms with Crippen LogP contribution in [0.15, 0.2) is 34.2 Å². The fourth-order valence-electron chi connectivity index (χ4n) is 3.64. The smallest absolute Gasteiger partial charge is 0.262 e. The predicted molar refractivity (Wildman–Crippen MR) is 120 cm³/mol. The quantitative estimate of drug-likeness (QED) is 0.462. The molecular weight excluding hydrogens is 426 g/mol. The number of nitrogens with zero attached hydrogens (tertiary/aromatic N) is 2. The standard InChI is InChI=1S/C21H22ClN3O2S2/c1-12(13-7-9-14(22)10-8-13)23-17(26)11-28-21-24-19-18(20(27)25(21)2)15-5-3-4-6-16(15)29-19/h7-10,12H,3-6,11H2,1-2H3,(H,23,26). The number of hydrogen-bond acceptors (Lipinski definition) is 5. The van der Waals surface area contributed by atoms with Crippen LogP contribution in [0.3, 0.4) is 0 Å². The maximum atomic E-state index is 12.9. The summed E-state index contributed by atoms with van der Waals surface area (Å²) < 4.78 is 1.57. The zero-order chi connectivity index (χ0) is 20.5. The Morgan fingerprint density at radius 2 is 2.03 bits per heavy atom. The molecule has 0 radical (unpaired) electrons. The molecule has 2 heterocycles. The first-order chi connectivity index (χ1) is 13.9. The molecule has 4 rings (SSSR count). The van der Waals surface area contributed by atoms with E-state index in [0.29, 0.717) is 10.2 Å². The summed E-state index contributed by atoms with van der Waals surface area (Å²) in [6.45, 7) is 1.93. The van der Waals surface area contributed by atoms with Crippen molar-refractivity contribution in [2.75, 3.05) is 5.75 Å². The Morgan fingerprint density at radius 3 is 2.79 bits per heavy atom. The lowest BCUT2D eigenvalue weighted by molar-refractivity contribution is -0.119. The number of halogens is 1. The van der Waals surface area contributed by atoms with Crippen LogP contribution < -0.4 is 10.9 Å². The summed E-state index contributed by atoms with van der Waals surface area (Å²) >= 11 is 8.84. The van der Waals surface area contributed by atoms with Gasteiger partial charge in [0.05, 0.1) is 17.2 Å². The van der Waals surface area contributed by atoms with Gasteiger partial charge in [0.2, 0.25) is 5.91 Å². The van der Waals surface area contributed by atoms with Gasteiger partial charge in [-0.25, -0.2) is 4.98 Å². The Labute approximate surface area is 182 Å². The normalized spacial score (nSPS) is 14.6. The van der Waals surface area contributed by atoms with E-state index in [1.165, 1.54) is 28.6 Å². The maximum Gasteiger partial charge on any atom is 0.262 e. The molecule has 0 spiro atoms. The van der Waals surface area contributed by atoms with E-state index in [1.807, 2.05) is 31.2 Å². The molecule has 2 aromatic heterocycles. The number of fused-ring (bicyclic) bond motifs is 3. The van der Waals surface area contributed by atoms with E-state index in [1.54, 1.807) is 23.0 Å². The molecule has 1 unspecified atom stereocenters. The van der Waals surface area contributed by atoms with Gasteiger partial charge in [0.15, 0.2) is 5.16 Å². The third-order valence-corrected chi connectivity index (χ3v) is 7.70. The second-order valence-electron chi connectivity index (χ2n) is 7.28. The van der Waals surface area contributed by atoms with Crippen LogP contribution in [-0.4, -0.2) is 21.2 Å². The number of benzene rings is 1. The third-order valence-electron chi connectivity index (χ3n) is 5.24. The van der Waals surface area contributed by atoms with Crippen molar-refractivity contribution in [3.63, 3.8) is 0 Å². The van der Waals surface area contributed by atoms with Crippen molar-refractivity contribution in [3.05, 3.63) is 55.6 Å². The number of aryl methyl sites for hydroxylation is 2. The molecule has 1 atom stereocenters. The van der Waals surface area contributed by atoms with Gasteiger partial charge in [0, 0.05) is 16.9 Å². The zero-order valence-corrected chi connectivity index (χ0v) is 18.7. The molecule has 0 bridgehead atoms. The van der Waals surface area contributed by atoms with Gasteiger partial charge in [0.25, 0.3) is 5.56 Å². The number of carbonyl (C=O) groups excluding carboxylic acids is 1. The molecule has 1 N–H and O–H groups in total. The Kier molecular flexibility index (Phi) is 5.99. The van der Waals surface area contributed by atoms with Gasteiger partial charge in [-0.3, -0.25) is 14.2 Å². The van der Waals surface area contributed by atoms with Gasteiger partial charge in [0.1, 0.15) is 4.83 Å². The third kappa shape index (κ3) is 4.22. The van der Waals surface area contributed by atoms with Crippen molar-refractivity contribution in [2.24, 2.45) is 7.05 Å². The number of rotatable bonds is 5. The van der Waals surface area contributed by atoms with Crippen molar-refractivity contribution >= 4 is 50.8 Å². The summed E-state index contributed by atoms with van der Waals surface area (Å²) in [5, 5.41) is 5.00. The summed E-state index contributed by atoms with van der Waals surface area (Å²) in [4.78, 5) is 32.1. The number of aromatic nitrogens is 2. The lowest BCUT2D eigenvalue weighted by Gasteiger charge is -2.14. The summed E-state index contributed by atoms with van der Waals surface area (Å²) in [6, 6.07) is 7.30. The SMILES string of the molecule is CC(NC(=O)CSc1nc2sc3c(c2c(=O)n1C)CCCC3)c1ccc(Cl)cc1. The summed E-state index contributed by atoms with van der Waals surface area (Å²) in [5.41, 5.74) is 2.17. The van der Waals surface area contributed by atoms with Gasteiger partial charge in [-0.2, -0.15) is 0 Å². The molecule has 1 amide bonds. The molecule has 1 aliphatic carbocycles. The lowest BCUT2D eigenvalue weighted by Crippen LogP contribution is -2.28. The average Bonchev–Trinajstić information content (AvgIpc) is 3.08. The molecule has 8 heteroatoms. The maximum absolute atomic E-state index is 12.9. The van der Waals surface area contributed by atoms with E-state index in [-0.39, 0.29) is 23.3 Å². The fourth-order valence-corrected chi connectivity index (χ4v) is 5.86. The Balaban J connectivity index is 1.48. The highest BCUT2D eigenvalue weighted by molar-refractivity contribution is 7.99. The first-order valence-corrected chi connectivity index (χ1v) is 11.8. The molecular formula is C21H22ClN3O2S2. The molecule has 3 aromatic rings. The first kappa shape index (κ1) is 20.4. The highest BCUT2D eigenvalue weighted by Crippen LogP contribution is 2.34. The van der Waals surface area contributed by atoms with Crippen molar-refractivity contribution in [1.29, 1.82) is 0 Å². The predicted octanol–water partition coefficient (Wildman–Crippen LogP) is 4.50. The molecule has 29 heavy (non-hydrogen) atoms. The van der Waals surface area contributed by atoms with Gasteiger partial charge in [-0.1, -0.05) is 35.5 Å². The molecule has 0 fully saturated rings. The fraction of sp³-hybridized carbons (Fsp3) is 0.381. The van der Waals surface area contributed by atoms with Crippen molar-refractivity contribution in [2.45, 2.75) is 43.8 Å². The van der Waals surface area contributed by atoms with Crippen LogP contribution in [0.1, 0.15) is 41.8 Å². The number of amides is 1. The number of hydrogen-bond donors (Lipinski definition) is 1. The van der Waals surface area contributed by atoms with Crippen LogP contribution >= 0.6 is 34.7 Å². The van der Waals surface area contributed by atoms with Crippen LogP contribution in [-0.2, 0) is 24.7 Å². The van der Waals surface area contributed by atoms with Crippen molar-refractivity contribution in [1.82, 2.24) is 14.9 Å². The molecule has 1 aromatic carbocycles. The first-order valence-electron chi connectivity index (χ1n) is 9.63. The largest absolute Gasteiger partial charge is 0.349 e. The summed E-state index contributed by atoms with van der Waals surface area (Å²) in [6.07, 6.45) is 4.30.